The van der Waals surface area contributed by atoms with Crippen LogP contribution in [0.25, 0.3) is 0 Å². The highest BCUT2D eigenvalue weighted by atomic mass is 19.1. The highest BCUT2D eigenvalue weighted by molar-refractivity contribution is 5.47. The van der Waals surface area contributed by atoms with E-state index in [0.717, 1.165) is 6.07 Å². The molecule has 0 spiro atoms. The van der Waals surface area contributed by atoms with Crippen LogP contribution in [0.4, 0.5) is 20.4 Å². The van der Waals surface area contributed by atoms with Crippen molar-refractivity contribution in [3.05, 3.63) is 35.7 Å². The molecule has 2 rings (SSSR count). The lowest BCUT2D eigenvalue weighted by Gasteiger charge is -2.09. The van der Waals surface area contributed by atoms with Gasteiger partial charge in [-0.1, -0.05) is 5.16 Å². The average Bonchev–Trinajstić information content (AvgIpc) is 2.84. The van der Waals surface area contributed by atoms with Gasteiger partial charge in [-0.25, -0.2) is 13.8 Å². The average molecular weight is 254 g/mol. The van der Waals surface area contributed by atoms with Gasteiger partial charge in [0.25, 0.3) is 0 Å². The normalized spacial score (nSPS) is 10.4. The first kappa shape index (κ1) is 12.3. The fourth-order valence-electron chi connectivity index (χ4n) is 1.39. The van der Waals surface area contributed by atoms with E-state index in [9.17, 15) is 8.78 Å². The summed E-state index contributed by atoms with van der Waals surface area (Å²) in [6.45, 7) is 2.52. The standard InChI is InChI=1S/C11H12F2N4O/c1-2-14-10-8(12)5-9(13)11(17-10)15-6-7-3-4-16-18-7/h3-5H,2,6H2,1H3,(H2,14,15,17). The summed E-state index contributed by atoms with van der Waals surface area (Å²) in [5.74, 6) is -0.971. The minimum Gasteiger partial charge on any atom is -0.368 e. The van der Waals surface area contributed by atoms with Gasteiger partial charge in [0.2, 0.25) is 0 Å². The maximum atomic E-state index is 13.5. The highest BCUT2D eigenvalue weighted by Gasteiger charge is 2.11. The van der Waals surface area contributed by atoms with Crippen LogP contribution in [0.2, 0.25) is 0 Å². The van der Waals surface area contributed by atoms with Crippen molar-refractivity contribution in [2.75, 3.05) is 17.2 Å². The van der Waals surface area contributed by atoms with Crippen LogP contribution in [-0.4, -0.2) is 16.7 Å². The van der Waals surface area contributed by atoms with E-state index in [0.29, 0.717) is 12.3 Å². The molecule has 2 aromatic rings. The summed E-state index contributed by atoms with van der Waals surface area (Å²) >= 11 is 0. The fourth-order valence-corrected chi connectivity index (χ4v) is 1.39. The van der Waals surface area contributed by atoms with Crippen LogP contribution in [0.15, 0.2) is 22.9 Å². The summed E-state index contributed by atoms with van der Waals surface area (Å²) < 4.78 is 31.6. The smallest absolute Gasteiger partial charge is 0.168 e. The van der Waals surface area contributed by atoms with Gasteiger partial charge in [-0.2, -0.15) is 0 Å². The SMILES string of the molecule is CCNc1nc(NCc2ccno2)c(F)cc1F. The van der Waals surface area contributed by atoms with Crippen LogP contribution in [0.3, 0.4) is 0 Å². The molecule has 0 aromatic carbocycles. The molecule has 0 amide bonds. The Morgan fingerprint density at radius 3 is 2.56 bits per heavy atom. The Morgan fingerprint density at radius 1 is 1.22 bits per heavy atom. The number of anilines is 2. The number of hydrogen-bond acceptors (Lipinski definition) is 5. The Balaban J connectivity index is 2.13. The molecule has 0 saturated carbocycles. The predicted octanol–water partition coefficient (Wildman–Crippen LogP) is 2.39. The third-order valence-corrected chi connectivity index (χ3v) is 2.20. The molecule has 0 unspecified atom stereocenters. The van der Waals surface area contributed by atoms with Gasteiger partial charge in [0.1, 0.15) is 0 Å². The quantitative estimate of drug-likeness (QED) is 0.857. The zero-order valence-electron chi connectivity index (χ0n) is 9.70. The summed E-state index contributed by atoms with van der Waals surface area (Å²) in [7, 11) is 0. The van der Waals surface area contributed by atoms with Crippen molar-refractivity contribution in [3.8, 4) is 0 Å². The lowest BCUT2D eigenvalue weighted by Crippen LogP contribution is -2.08. The van der Waals surface area contributed by atoms with Gasteiger partial charge in [-0.3, -0.25) is 0 Å². The minimum atomic E-state index is -0.756. The first-order chi connectivity index (χ1) is 8.70. The summed E-state index contributed by atoms with van der Waals surface area (Å²) in [6.07, 6.45) is 1.48. The van der Waals surface area contributed by atoms with Crippen molar-refractivity contribution in [2.45, 2.75) is 13.5 Å². The maximum Gasteiger partial charge on any atom is 0.168 e. The van der Waals surface area contributed by atoms with Crippen LogP contribution < -0.4 is 10.6 Å². The molecule has 2 aromatic heterocycles. The Morgan fingerprint density at radius 2 is 1.94 bits per heavy atom. The molecule has 0 saturated heterocycles. The molecule has 2 N–H and O–H groups in total. The zero-order chi connectivity index (χ0) is 13.0. The van der Waals surface area contributed by atoms with Gasteiger partial charge < -0.3 is 15.2 Å². The van der Waals surface area contributed by atoms with Crippen molar-refractivity contribution in [2.24, 2.45) is 0 Å². The molecule has 0 bridgehead atoms. The lowest BCUT2D eigenvalue weighted by molar-refractivity contribution is 0.387. The van der Waals surface area contributed by atoms with Crippen LogP contribution in [0.1, 0.15) is 12.7 Å². The van der Waals surface area contributed by atoms with E-state index in [1.807, 2.05) is 0 Å². The van der Waals surface area contributed by atoms with Crippen molar-refractivity contribution in [3.63, 3.8) is 0 Å². The number of rotatable bonds is 5. The molecule has 0 fully saturated rings. The van der Waals surface area contributed by atoms with Crippen LogP contribution in [0.5, 0.6) is 0 Å². The third kappa shape index (κ3) is 2.73. The molecule has 7 heteroatoms. The van der Waals surface area contributed by atoms with Crippen LogP contribution in [0, 0.1) is 11.6 Å². The number of aromatic nitrogens is 2. The minimum absolute atomic E-state index is 0.0129. The second-order valence-corrected chi connectivity index (χ2v) is 3.51. The first-order valence-electron chi connectivity index (χ1n) is 5.44. The molecule has 0 aliphatic heterocycles. The van der Waals surface area contributed by atoms with E-state index < -0.39 is 11.6 Å². The molecule has 2 heterocycles. The summed E-state index contributed by atoms with van der Waals surface area (Å²) in [5.41, 5.74) is 0. The van der Waals surface area contributed by atoms with Crippen LogP contribution in [-0.2, 0) is 6.54 Å². The molecule has 0 radical (unpaired) electrons. The van der Waals surface area contributed by atoms with E-state index in [-0.39, 0.29) is 18.2 Å². The summed E-state index contributed by atoms with van der Waals surface area (Å²) in [5, 5.41) is 8.94. The number of halogens is 2. The molecule has 0 aliphatic carbocycles. The van der Waals surface area contributed by atoms with E-state index in [1.54, 1.807) is 13.0 Å². The Kier molecular flexibility index (Phi) is 3.71. The first-order valence-corrected chi connectivity index (χ1v) is 5.44. The van der Waals surface area contributed by atoms with Gasteiger partial charge in [-0.15, -0.1) is 0 Å². The largest absolute Gasteiger partial charge is 0.368 e. The molecule has 96 valence electrons. The highest BCUT2D eigenvalue weighted by Crippen LogP contribution is 2.19. The van der Waals surface area contributed by atoms with Crippen molar-refractivity contribution >= 4 is 11.6 Å². The second kappa shape index (κ2) is 5.44. The van der Waals surface area contributed by atoms with Gasteiger partial charge in [-0.05, 0) is 6.92 Å². The third-order valence-electron chi connectivity index (χ3n) is 2.20. The monoisotopic (exact) mass is 254 g/mol. The summed E-state index contributed by atoms with van der Waals surface area (Å²) in [6, 6.07) is 2.42. The van der Waals surface area contributed by atoms with Gasteiger partial charge in [0.15, 0.2) is 29.0 Å². The number of hydrogen-bond donors (Lipinski definition) is 2. The van der Waals surface area contributed by atoms with Gasteiger partial charge in [0.05, 0.1) is 12.7 Å². The maximum absolute atomic E-state index is 13.5. The van der Waals surface area contributed by atoms with Gasteiger partial charge in [0, 0.05) is 18.7 Å². The lowest BCUT2D eigenvalue weighted by atomic mass is 10.3. The Hall–Kier alpha value is -2.18. The number of nitrogens with one attached hydrogen (secondary N) is 2. The number of nitrogens with zero attached hydrogens (tertiary/aromatic N) is 2. The topological polar surface area (TPSA) is 63.0 Å². The van der Waals surface area contributed by atoms with E-state index >= 15 is 0 Å². The number of pyridine rings is 1. The van der Waals surface area contributed by atoms with E-state index in [2.05, 4.69) is 20.8 Å². The zero-order valence-corrected chi connectivity index (χ0v) is 9.70. The molecular weight excluding hydrogens is 242 g/mol. The second-order valence-electron chi connectivity index (χ2n) is 3.51. The van der Waals surface area contributed by atoms with Crippen molar-refractivity contribution in [1.82, 2.24) is 10.1 Å². The van der Waals surface area contributed by atoms with E-state index in [1.165, 1.54) is 6.20 Å². The van der Waals surface area contributed by atoms with Crippen LogP contribution >= 0.6 is 0 Å². The molecule has 18 heavy (non-hydrogen) atoms. The molecular formula is C11H12F2N4O. The molecule has 0 aliphatic rings. The fraction of sp³-hybridized carbons (Fsp3) is 0.273. The predicted molar refractivity (Wildman–Crippen MR) is 62.1 cm³/mol. The Bertz CT molecular complexity index is 516. The van der Waals surface area contributed by atoms with Gasteiger partial charge >= 0.3 is 0 Å². The summed E-state index contributed by atoms with van der Waals surface area (Å²) in [4.78, 5) is 3.83. The van der Waals surface area contributed by atoms with Crippen molar-refractivity contribution in [1.29, 1.82) is 0 Å². The molecule has 0 atom stereocenters. The Labute approximate surface area is 102 Å². The molecule has 5 nitrogen and oxygen atoms in total. The van der Waals surface area contributed by atoms with E-state index in [4.69, 9.17) is 4.52 Å². The van der Waals surface area contributed by atoms with Crippen molar-refractivity contribution < 1.29 is 13.3 Å².